The molecule has 0 radical (unpaired) electrons. The second kappa shape index (κ2) is 6.05. The monoisotopic (exact) mass is 276 g/mol. The maximum absolute atomic E-state index is 12.3. The highest BCUT2D eigenvalue weighted by molar-refractivity contribution is 5.87. The maximum atomic E-state index is 12.3. The molecule has 1 heterocycles. The normalized spacial score (nSPS) is 23.6. The Morgan fingerprint density at radius 3 is 2.65 bits per heavy atom. The fourth-order valence-corrected chi connectivity index (χ4v) is 2.74. The molecule has 3 atom stereocenters. The highest BCUT2D eigenvalue weighted by Crippen LogP contribution is 2.25. The molecule has 1 aromatic rings. The van der Waals surface area contributed by atoms with Crippen LogP contribution >= 0.6 is 0 Å². The Morgan fingerprint density at radius 1 is 1.40 bits per heavy atom. The fourth-order valence-electron chi connectivity index (χ4n) is 2.74. The molecule has 0 aromatic heterocycles. The van der Waals surface area contributed by atoms with Gasteiger partial charge >= 0.3 is 5.97 Å². The van der Waals surface area contributed by atoms with Gasteiger partial charge in [-0.3, -0.25) is 4.79 Å². The van der Waals surface area contributed by atoms with Crippen LogP contribution in [-0.4, -0.2) is 40.5 Å². The van der Waals surface area contributed by atoms with E-state index in [2.05, 4.69) is 0 Å². The van der Waals surface area contributed by atoms with Crippen molar-refractivity contribution in [1.82, 2.24) is 4.90 Å². The molecule has 2 rings (SSSR count). The Hall–Kier alpha value is -1.88. The van der Waals surface area contributed by atoms with Gasteiger partial charge in [-0.05, 0) is 24.3 Å². The predicted octanol–water partition coefficient (Wildman–Crippen LogP) is 0.878. The Kier molecular flexibility index (Phi) is 4.39. The minimum absolute atomic E-state index is 0.0274. The first kappa shape index (κ1) is 14.5. The van der Waals surface area contributed by atoms with Gasteiger partial charge in [0, 0.05) is 6.54 Å². The lowest BCUT2D eigenvalue weighted by Crippen LogP contribution is -2.50. The van der Waals surface area contributed by atoms with Gasteiger partial charge in [-0.2, -0.15) is 0 Å². The van der Waals surface area contributed by atoms with Gasteiger partial charge in [-0.15, -0.1) is 0 Å². The molecule has 0 saturated carbocycles. The number of carboxylic acid groups (broad SMARTS) is 1. The van der Waals surface area contributed by atoms with E-state index in [0.717, 1.165) is 5.56 Å². The van der Waals surface area contributed by atoms with Crippen LogP contribution in [0.15, 0.2) is 30.3 Å². The quantitative estimate of drug-likeness (QED) is 0.855. The molecule has 0 bridgehead atoms. The van der Waals surface area contributed by atoms with Crippen LogP contribution in [0.1, 0.15) is 18.9 Å². The van der Waals surface area contributed by atoms with Crippen LogP contribution in [0.5, 0.6) is 0 Å². The summed E-state index contributed by atoms with van der Waals surface area (Å²) in [5.41, 5.74) is 6.93. The lowest BCUT2D eigenvalue weighted by Gasteiger charge is -2.26. The number of hydrogen-bond donors (Lipinski definition) is 2. The number of amides is 1. The number of carboxylic acids is 1. The first-order valence-corrected chi connectivity index (χ1v) is 6.83. The van der Waals surface area contributed by atoms with Gasteiger partial charge in [0.05, 0.1) is 6.04 Å². The fraction of sp³-hybridized carbons (Fsp3) is 0.467. The van der Waals surface area contributed by atoms with E-state index in [1.54, 1.807) is 0 Å². The number of nitrogens with two attached hydrogens (primary N) is 1. The van der Waals surface area contributed by atoms with Crippen molar-refractivity contribution in [2.45, 2.75) is 31.8 Å². The van der Waals surface area contributed by atoms with E-state index in [-0.39, 0.29) is 11.8 Å². The molecule has 1 aromatic carbocycles. The third-order valence-corrected chi connectivity index (χ3v) is 3.85. The minimum Gasteiger partial charge on any atom is -0.480 e. The van der Waals surface area contributed by atoms with E-state index in [0.29, 0.717) is 19.4 Å². The molecule has 1 aliphatic rings. The number of nitrogens with zero attached hydrogens (tertiary/aromatic N) is 1. The summed E-state index contributed by atoms with van der Waals surface area (Å²) < 4.78 is 0. The number of hydrogen-bond acceptors (Lipinski definition) is 3. The van der Waals surface area contributed by atoms with Gasteiger partial charge < -0.3 is 15.7 Å². The van der Waals surface area contributed by atoms with E-state index >= 15 is 0 Å². The van der Waals surface area contributed by atoms with Crippen LogP contribution in [0.25, 0.3) is 0 Å². The lowest BCUT2D eigenvalue weighted by atomic mass is 10.0. The SMILES string of the molecule is CC1CCN(C(=O)[C@@H](N)Cc2ccccc2)C1C(=O)O. The molecule has 2 unspecified atom stereocenters. The Bertz CT molecular complexity index is 489. The number of likely N-dealkylation sites (tertiary alicyclic amines) is 1. The van der Waals surface area contributed by atoms with Crippen LogP contribution in [0, 0.1) is 5.92 Å². The molecule has 1 saturated heterocycles. The zero-order chi connectivity index (χ0) is 14.7. The molecule has 1 fully saturated rings. The minimum atomic E-state index is -0.949. The van der Waals surface area contributed by atoms with E-state index in [1.165, 1.54) is 4.90 Å². The summed E-state index contributed by atoms with van der Waals surface area (Å²) >= 11 is 0. The zero-order valence-electron chi connectivity index (χ0n) is 11.5. The van der Waals surface area contributed by atoms with E-state index < -0.39 is 18.1 Å². The Balaban J connectivity index is 2.05. The number of aliphatic carboxylic acids is 1. The lowest BCUT2D eigenvalue weighted by molar-refractivity contribution is -0.149. The summed E-state index contributed by atoms with van der Waals surface area (Å²) in [7, 11) is 0. The smallest absolute Gasteiger partial charge is 0.326 e. The second-order valence-electron chi connectivity index (χ2n) is 5.38. The first-order valence-electron chi connectivity index (χ1n) is 6.83. The number of rotatable bonds is 4. The summed E-state index contributed by atoms with van der Waals surface area (Å²) in [4.78, 5) is 25.0. The molecule has 3 N–H and O–H groups in total. The molecule has 0 aliphatic carbocycles. The number of benzene rings is 1. The molecular formula is C15H20N2O3. The highest BCUT2D eigenvalue weighted by Gasteiger charge is 2.40. The third-order valence-electron chi connectivity index (χ3n) is 3.85. The van der Waals surface area contributed by atoms with Crippen molar-refractivity contribution >= 4 is 11.9 Å². The van der Waals surface area contributed by atoms with Crippen molar-refractivity contribution in [1.29, 1.82) is 0 Å². The van der Waals surface area contributed by atoms with Crippen molar-refractivity contribution in [3.05, 3.63) is 35.9 Å². The molecule has 1 aliphatic heterocycles. The van der Waals surface area contributed by atoms with Gasteiger partial charge in [0.1, 0.15) is 6.04 Å². The molecule has 108 valence electrons. The molecule has 5 heteroatoms. The largest absolute Gasteiger partial charge is 0.480 e. The van der Waals surface area contributed by atoms with Crippen molar-refractivity contribution in [3.8, 4) is 0 Å². The average Bonchev–Trinajstić information content (AvgIpc) is 2.81. The van der Waals surface area contributed by atoms with Gasteiger partial charge in [-0.1, -0.05) is 37.3 Å². The average molecular weight is 276 g/mol. The van der Waals surface area contributed by atoms with E-state index in [9.17, 15) is 14.7 Å². The van der Waals surface area contributed by atoms with Gasteiger partial charge in [0.15, 0.2) is 0 Å². The predicted molar refractivity (Wildman–Crippen MR) is 75.0 cm³/mol. The third kappa shape index (κ3) is 2.99. The number of carbonyl (C=O) groups excluding carboxylic acids is 1. The van der Waals surface area contributed by atoms with Gasteiger partial charge in [-0.25, -0.2) is 4.79 Å². The van der Waals surface area contributed by atoms with Crippen molar-refractivity contribution in [2.24, 2.45) is 11.7 Å². The zero-order valence-corrected chi connectivity index (χ0v) is 11.5. The first-order chi connectivity index (χ1) is 9.50. The summed E-state index contributed by atoms with van der Waals surface area (Å²) in [6, 6.07) is 8.08. The van der Waals surface area contributed by atoms with Crippen LogP contribution in [0.4, 0.5) is 0 Å². The molecule has 20 heavy (non-hydrogen) atoms. The Labute approximate surface area is 118 Å². The Morgan fingerprint density at radius 2 is 2.05 bits per heavy atom. The molecular weight excluding hydrogens is 256 g/mol. The molecule has 1 amide bonds. The highest BCUT2D eigenvalue weighted by atomic mass is 16.4. The summed E-state index contributed by atoms with van der Waals surface area (Å²) in [6.45, 7) is 2.33. The molecule has 5 nitrogen and oxygen atoms in total. The van der Waals surface area contributed by atoms with Gasteiger partial charge in [0.25, 0.3) is 0 Å². The summed E-state index contributed by atoms with van der Waals surface area (Å²) in [5.74, 6) is -1.25. The van der Waals surface area contributed by atoms with E-state index in [1.807, 2.05) is 37.3 Å². The summed E-state index contributed by atoms with van der Waals surface area (Å²) in [5, 5.41) is 9.24. The van der Waals surface area contributed by atoms with Crippen molar-refractivity contribution in [2.75, 3.05) is 6.54 Å². The van der Waals surface area contributed by atoms with Crippen LogP contribution < -0.4 is 5.73 Å². The molecule has 0 spiro atoms. The summed E-state index contributed by atoms with van der Waals surface area (Å²) in [6.07, 6.45) is 1.14. The maximum Gasteiger partial charge on any atom is 0.326 e. The van der Waals surface area contributed by atoms with Crippen molar-refractivity contribution < 1.29 is 14.7 Å². The number of carbonyl (C=O) groups is 2. The topological polar surface area (TPSA) is 83.6 Å². The second-order valence-corrected chi connectivity index (χ2v) is 5.38. The van der Waals surface area contributed by atoms with Crippen LogP contribution in [0.3, 0.4) is 0 Å². The van der Waals surface area contributed by atoms with Crippen LogP contribution in [-0.2, 0) is 16.0 Å². The van der Waals surface area contributed by atoms with E-state index in [4.69, 9.17) is 5.73 Å². The van der Waals surface area contributed by atoms with Crippen molar-refractivity contribution in [3.63, 3.8) is 0 Å². The van der Waals surface area contributed by atoms with Gasteiger partial charge in [0.2, 0.25) is 5.91 Å². The van der Waals surface area contributed by atoms with Crippen LogP contribution in [0.2, 0.25) is 0 Å². The standard InChI is InChI=1S/C15H20N2O3/c1-10-7-8-17(13(10)15(19)20)14(18)12(16)9-11-5-3-2-4-6-11/h2-6,10,12-13H,7-9,16H2,1H3,(H,19,20)/t10?,12-,13?/m0/s1.